The van der Waals surface area contributed by atoms with E-state index in [1.807, 2.05) is 0 Å². The van der Waals surface area contributed by atoms with Crippen molar-refractivity contribution in [3.63, 3.8) is 0 Å². The molecule has 3 N–H and O–H groups in total. The molecule has 0 aliphatic heterocycles. The molecule has 2 saturated carbocycles. The van der Waals surface area contributed by atoms with Crippen molar-refractivity contribution in [2.75, 3.05) is 7.05 Å². The molecule has 17 heavy (non-hydrogen) atoms. The smallest absolute Gasteiger partial charge is 0.0695 e. The van der Waals surface area contributed by atoms with E-state index in [9.17, 15) is 5.11 Å². The number of hydrogen-bond acceptors (Lipinski definition) is 3. The molecule has 0 bridgehead atoms. The van der Waals surface area contributed by atoms with Gasteiger partial charge in [0.25, 0.3) is 0 Å². The number of likely N-dealkylation sites (N-methyl/N-ethyl adjacent to an activating group) is 1. The molecule has 0 aromatic carbocycles. The third kappa shape index (κ3) is 3.43. The van der Waals surface area contributed by atoms with Gasteiger partial charge in [-0.25, -0.2) is 0 Å². The van der Waals surface area contributed by atoms with Gasteiger partial charge in [-0.15, -0.1) is 0 Å². The normalized spacial score (nSPS) is 40.2. The first-order valence-corrected chi connectivity index (χ1v) is 7.34. The van der Waals surface area contributed by atoms with Crippen LogP contribution in [-0.4, -0.2) is 41.3 Å². The largest absolute Gasteiger partial charge is 0.391 e. The van der Waals surface area contributed by atoms with Gasteiger partial charge in [0, 0.05) is 18.1 Å². The highest BCUT2D eigenvalue weighted by molar-refractivity contribution is 4.87. The molecular formula is C14H28N2O. The lowest BCUT2D eigenvalue weighted by Crippen LogP contribution is -2.48. The molecule has 2 unspecified atom stereocenters. The number of nitrogens with two attached hydrogens (primary N) is 1. The lowest BCUT2D eigenvalue weighted by atomic mass is 9.89. The Bertz CT molecular complexity index is 226. The summed E-state index contributed by atoms with van der Waals surface area (Å²) in [5, 5.41) is 10.2. The second-order valence-corrected chi connectivity index (χ2v) is 6.01. The van der Waals surface area contributed by atoms with Gasteiger partial charge in [-0.1, -0.05) is 19.3 Å². The van der Waals surface area contributed by atoms with Gasteiger partial charge in [-0.3, -0.25) is 4.90 Å². The zero-order chi connectivity index (χ0) is 12.3. The maximum Gasteiger partial charge on any atom is 0.0695 e. The van der Waals surface area contributed by atoms with E-state index < -0.39 is 0 Å². The monoisotopic (exact) mass is 240 g/mol. The summed E-state index contributed by atoms with van der Waals surface area (Å²) in [5.74, 6) is 0. The van der Waals surface area contributed by atoms with E-state index in [4.69, 9.17) is 5.73 Å². The van der Waals surface area contributed by atoms with Gasteiger partial charge in [-0.05, 0) is 45.6 Å². The van der Waals surface area contributed by atoms with Crippen LogP contribution in [0.1, 0.15) is 57.8 Å². The van der Waals surface area contributed by atoms with Crippen LogP contribution in [0.4, 0.5) is 0 Å². The average Bonchev–Trinajstić information content (AvgIpc) is 2.54. The Morgan fingerprint density at radius 1 is 0.941 bits per heavy atom. The quantitative estimate of drug-likeness (QED) is 0.725. The van der Waals surface area contributed by atoms with Crippen LogP contribution in [-0.2, 0) is 0 Å². The lowest BCUT2D eigenvalue weighted by Gasteiger charge is -2.40. The summed E-state index contributed by atoms with van der Waals surface area (Å²) in [6, 6.07) is 1.45. The third-order valence-corrected chi connectivity index (χ3v) is 4.78. The van der Waals surface area contributed by atoms with Gasteiger partial charge in [0.15, 0.2) is 0 Å². The van der Waals surface area contributed by atoms with E-state index in [-0.39, 0.29) is 6.10 Å². The molecule has 0 spiro atoms. The molecule has 0 saturated heterocycles. The van der Waals surface area contributed by atoms with Crippen LogP contribution in [0.3, 0.4) is 0 Å². The molecule has 0 heterocycles. The van der Waals surface area contributed by atoms with Crippen LogP contribution in [0.25, 0.3) is 0 Å². The summed E-state index contributed by atoms with van der Waals surface area (Å²) >= 11 is 0. The minimum Gasteiger partial charge on any atom is -0.391 e. The van der Waals surface area contributed by atoms with Crippen molar-refractivity contribution >= 4 is 0 Å². The van der Waals surface area contributed by atoms with Gasteiger partial charge < -0.3 is 10.8 Å². The maximum absolute atomic E-state index is 10.2. The Balaban J connectivity index is 1.90. The Morgan fingerprint density at radius 2 is 1.59 bits per heavy atom. The van der Waals surface area contributed by atoms with E-state index in [0.29, 0.717) is 18.1 Å². The number of nitrogens with zero attached hydrogens (tertiary/aromatic N) is 1. The van der Waals surface area contributed by atoms with Crippen LogP contribution in [0.15, 0.2) is 0 Å². The third-order valence-electron chi connectivity index (χ3n) is 4.78. The Morgan fingerprint density at radius 3 is 2.29 bits per heavy atom. The molecule has 0 aromatic heterocycles. The zero-order valence-electron chi connectivity index (χ0n) is 11.1. The minimum atomic E-state index is -0.113. The van der Waals surface area contributed by atoms with Crippen molar-refractivity contribution in [1.82, 2.24) is 4.90 Å². The first kappa shape index (κ1) is 13.3. The Labute approximate surface area is 105 Å². The molecule has 2 fully saturated rings. The first-order valence-electron chi connectivity index (χ1n) is 7.34. The highest BCUT2D eigenvalue weighted by atomic mass is 16.3. The molecular weight excluding hydrogens is 212 g/mol. The van der Waals surface area contributed by atoms with Crippen molar-refractivity contribution in [2.45, 2.75) is 82.0 Å². The minimum absolute atomic E-state index is 0.113. The molecule has 3 heteroatoms. The van der Waals surface area contributed by atoms with E-state index in [1.54, 1.807) is 0 Å². The van der Waals surface area contributed by atoms with E-state index in [2.05, 4.69) is 11.9 Å². The predicted molar refractivity (Wildman–Crippen MR) is 70.9 cm³/mol. The van der Waals surface area contributed by atoms with E-state index in [0.717, 1.165) is 19.3 Å². The summed E-state index contributed by atoms with van der Waals surface area (Å²) in [6.07, 6.45) is 10.5. The molecule has 0 radical (unpaired) electrons. The summed E-state index contributed by atoms with van der Waals surface area (Å²) in [7, 11) is 2.21. The van der Waals surface area contributed by atoms with Crippen LogP contribution in [0.2, 0.25) is 0 Å². The summed E-state index contributed by atoms with van der Waals surface area (Å²) in [5.41, 5.74) is 5.96. The molecule has 2 aliphatic rings. The molecule has 2 aliphatic carbocycles. The van der Waals surface area contributed by atoms with E-state index >= 15 is 0 Å². The van der Waals surface area contributed by atoms with Crippen LogP contribution >= 0.6 is 0 Å². The first-order chi connectivity index (χ1) is 8.18. The maximum atomic E-state index is 10.2. The highest BCUT2D eigenvalue weighted by Crippen LogP contribution is 2.28. The molecule has 3 nitrogen and oxygen atoms in total. The molecule has 0 amide bonds. The van der Waals surface area contributed by atoms with Gasteiger partial charge in [0.05, 0.1) is 6.10 Å². The summed E-state index contributed by atoms with van der Waals surface area (Å²) in [6.45, 7) is 0. The molecule has 0 aromatic rings. The van der Waals surface area contributed by atoms with Crippen LogP contribution in [0, 0.1) is 0 Å². The zero-order valence-corrected chi connectivity index (χ0v) is 11.1. The topological polar surface area (TPSA) is 49.5 Å². The summed E-state index contributed by atoms with van der Waals surface area (Å²) < 4.78 is 0. The molecule has 2 atom stereocenters. The lowest BCUT2D eigenvalue weighted by molar-refractivity contribution is 0.0252. The van der Waals surface area contributed by atoms with E-state index in [1.165, 1.54) is 38.5 Å². The van der Waals surface area contributed by atoms with Crippen molar-refractivity contribution in [2.24, 2.45) is 5.73 Å². The number of aliphatic hydroxyl groups is 1. The van der Waals surface area contributed by atoms with Crippen molar-refractivity contribution in [3.8, 4) is 0 Å². The van der Waals surface area contributed by atoms with Gasteiger partial charge in [0.2, 0.25) is 0 Å². The highest BCUT2D eigenvalue weighted by Gasteiger charge is 2.31. The van der Waals surface area contributed by atoms with Crippen molar-refractivity contribution < 1.29 is 5.11 Å². The van der Waals surface area contributed by atoms with Crippen LogP contribution < -0.4 is 5.73 Å². The van der Waals surface area contributed by atoms with Gasteiger partial charge >= 0.3 is 0 Å². The van der Waals surface area contributed by atoms with Crippen molar-refractivity contribution in [3.05, 3.63) is 0 Å². The average molecular weight is 240 g/mol. The predicted octanol–water partition coefficient (Wildman–Crippen LogP) is 1.88. The second-order valence-electron chi connectivity index (χ2n) is 6.01. The standard InChI is InChI=1S/C14H28N2O/c1-16(12-9-7-11(15)8-10-12)13-5-3-2-4-6-14(13)17/h11-14,17H,2-10,15H2,1H3. The fraction of sp³-hybridized carbons (Fsp3) is 1.00. The Kier molecular flexibility index (Phi) is 4.83. The SMILES string of the molecule is CN(C1CCC(N)CC1)C1CCCCCC1O. The number of hydrogen-bond donors (Lipinski definition) is 2. The van der Waals surface area contributed by atoms with Gasteiger partial charge in [0.1, 0.15) is 0 Å². The summed E-state index contributed by atoms with van der Waals surface area (Å²) in [4.78, 5) is 2.46. The van der Waals surface area contributed by atoms with Crippen LogP contribution in [0.5, 0.6) is 0 Å². The number of rotatable bonds is 2. The molecule has 2 rings (SSSR count). The fourth-order valence-electron chi connectivity index (χ4n) is 3.52. The molecule has 100 valence electrons. The number of aliphatic hydroxyl groups excluding tert-OH is 1. The Hall–Kier alpha value is -0.120. The fourth-order valence-corrected chi connectivity index (χ4v) is 3.52. The van der Waals surface area contributed by atoms with Crippen molar-refractivity contribution in [1.29, 1.82) is 0 Å². The van der Waals surface area contributed by atoms with Gasteiger partial charge in [-0.2, -0.15) is 0 Å². The second kappa shape index (κ2) is 6.17.